The van der Waals surface area contributed by atoms with E-state index in [4.69, 9.17) is 0 Å². The van der Waals surface area contributed by atoms with Gasteiger partial charge in [0, 0.05) is 80.1 Å². The number of hydrogen-bond acceptors (Lipinski definition) is 8. The minimum absolute atomic E-state index is 0.00170. The number of aromatic nitrogens is 3. The van der Waals surface area contributed by atoms with E-state index in [9.17, 15) is 20.0 Å². The van der Waals surface area contributed by atoms with E-state index in [1.165, 1.54) is 0 Å². The SMILES string of the molecule is O=C(NCCNc1ncccn1)[C@@H]1Cc2cc([NH+]([O-])O)ccc2N2CC3CC(Cn4c3cccc4=O)[C@@H]12. The number of hydrogen-bond donors (Lipinski definition) is 4. The summed E-state index contributed by atoms with van der Waals surface area (Å²) in [6.45, 7) is 2.13. The molecule has 0 spiro atoms. The molecule has 1 fully saturated rings. The molecule has 1 saturated heterocycles. The average Bonchev–Trinajstić information content (AvgIpc) is 2.91. The molecule has 0 radical (unpaired) electrons. The van der Waals surface area contributed by atoms with Crippen molar-refractivity contribution in [2.75, 3.05) is 29.9 Å². The number of benzene rings is 1. The van der Waals surface area contributed by atoms with E-state index in [0.717, 1.165) is 23.4 Å². The summed E-state index contributed by atoms with van der Waals surface area (Å²) >= 11 is 0. The fourth-order valence-corrected chi connectivity index (χ4v) is 6.37. The first-order valence-electron chi connectivity index (χ1n) is 12.6. The molecule has 37 heavy (non-hydrogen) atoms. The van der Waals surface area contributed by atoms with E-state index in [0.29, 0.717) is 38.5 Å². The quantitative estimate of drug-likeness (QED) is 0.281. The number of carbonyl (C=O) groups is 1. The van der Waals surface area contributed by atoms with Gasteiger partial charge in [0.2, 0.25) is 11.9 Å². The molecule has 3 aliphatic heterocycles. The Balaban J connectivity index is 1.28. The van der Waals surface area contributed by atoms with Crippen LogP contribution in [0.3, 0.4) is 0 Å². The monoisotopic (exact) mass is 503 g/mol. The number of amides is 1. The zero-order valence-corrected chi connectivity index (χ0v) is 20.2. The molecule has 11 nitrogen and oxygen atoms in total. The number of pyridine rings is 1. The lowest BCUT2D eigenvalue weighted by molar-refractivity contribution is -0.991. The van der Waals surface area contributed by atoms with Gasteiger partial charge in [-0.2, -0.15) is 5.23 Å². The molecule has 3 aromatic rings. The van der Waals surface area contributed by atoms with E-state index < -0.39 is 5.23 Å². The minimum Gasteiger partial charge on any atom is -0.595 e. The summed E-state index contributed by atoms with van der Waals surface area (Å²) < 4.78 is 1.87. The third kappa shape index (κ3) is 4.35. The lowest BCUT2D eigenvalue weighted by Gasteiger charge is -2.54. The van der Waals surface area contributed by atoms with Gasteiger partial charge in [-0.15, -0.1) is 0 Å². The molecule has 0 saturated carbocycles. The van der Waals surface area contributed by atoms with Crippen LogP contribution in [0.4, 0.5) is 17.3 Å². The Labute approximate surface area is 213 Å². The normalized spacial score (nSPS) is 24.3. The van der Waals surface area contributed by atoms with Crippen molar-refractivity contribution >= 4 is 23.2 Å². The second-order valence-electron chi connectivity index (χ2n) is 9.98. The highest BCUT2D eigenvalue weighted by atomic mass is 16.8. The van der Waals surface area contributed by atoms with E-state index in [1.807, 2.05) is 22.8 Å². The summed E-state index contributed by atoms with van der Waals surface area (Å²) in [5, 5.41) is 26.4. The van der Waals surface area contributed by atoms with E-state index >= 15 is 0 Å². The number of nitrogens with zero attached hydrogens (tertiary/aromatic N) is 4. The summed E-state index contributed by atoms with van der Waals surface area (Å²) in [6, 6.07) is 12.3. The van der Waals surface area contributed by atoms with Crippen LogP contribution >= 0.6 is 0 Å². The molecular formula is C26H29N7O4. The van der Waals surface area contributed by atoms with Crippen LogP contribution in [-0.2, 0) is 17.8 Å². The molecule has 6 rings (SSSR count). The predicted octanol–water partition coefficient (Wildman–Crippen LogP) is 0.435. The van der Waals surface area contributed by atoms with Crippen LogP contribution in [0.1, 0.15) is 23.6 Å². The van der Waals surface area contributed by atoms with Gasteiger partial charge < -0.3 is 25.3 Å². The molecule has 4 N–H and O–H groups in total. The van der Waals surface area contributed by atoms with Crippen molar-refractivity contribution < 1.29 is 15.2 Å². The van der Waals surface area contributed by atoms with E-state index in [2.05, 4.69) is 25.5 Å². The molecule has 1 amide bonds. The maximum atomic E-state index is 13.6. The van der Waals surface area contributed by atoms with Crippen molar-refractivity contribution in [2.24, 2.45) is 11.8 Å². The van der Waals surface area contributed by atoms with E-state index in [1.54, 1.807) is 36.7 Å². The number of rotatable bonds is 6. The Morgan fingerprint density at radius 1 is 1.14 bits per heavy atom. The van der Waals surface area contributed by atoms with Gasteiger partial charge >= 0.3 is 0 Å². The van der Waals surface area contributed by atoms with Gasteiger partial charge in [-0.1, -0.05) is 6.07 Å². The van der Waals surface area contributed by atoms with Crippen molar-refractivity contribution in [3.8, 4) is 0 Å². The molecule has 0 aliphatic carbocycles. The lowest BCUT2D eigenvalue weighted by Crippen LogP contribution is -2.99. The van der Waals surface area contributed by atoms with Crippen molar-refractivity contribution in [1.82, 2.24) is 19.9 Å². The van der Waals surface area contributed by atoms with Gasteiger partial charge in [0.1, 0.15) is 0 Å². The summed E-state index contributed by atoms with van der Waals surface area (Å²) in [5.41, 5.74) is 3.11. The predicted molar refractivity (Wildman–Crippen MR) is 136 cm³/mol. The highest BCUT2D eigenvalue weighted by Gasteiger charge is 2.49. The van der Waals surface area contributed by atoms with Crippen LogP contribution in [0, 0.1) is 17.0 Å². The Kier molecular flexibility index (Phi) is 6.11. The summed E-state index contributed by atoms with van der Waals surface area (Å²) in [6.07, 6.45) is 4.68. The largest absolute Gasteiger partial charge is 0.595 e. The first-order valence-corrected chi connectivity index (χ1v) is 12.6. The Morgan fingerprint density at radius 3 is 2.78 bits per heavy atom. The summed E-state index contributed by atoms with van der Waals surface area (Å²) in [5.74, 6) is 0.372. The summed E-state index contributed by atoms with van der Waals surface area (Å²) in [7, 11) is 0. The van der Waals surface area contributed by atoms with Gasteiger partial charge in [0.25, 0.3) is 5.56 Å². The second-order valence-corrected chi connectivity index (χ2v) is 9.98. The number of fused-ring (bicyclic) bond motifs is 8. The first kappa shape index (κ1) is 23.6. The van der Waals surface area contributed by atoms with Crippen LogP contribution in [0.25, 0.3) is 0 Å². The minimum atomic E-state index is -0.982. The lowest BCUT2D eigenvalue weighted by atomic mass is 9.70. The standard InChI is InChI=1S/C26H29N7O4/c34-23-4-1-3-21-17-11-18(15-31(21)23)24-20(25(35)27-9-10-30-26-28-7-2-8-29-26)13-16-12-19(33(36)37)5-6-22(16)32(24)14-17/h1-8,12,17-18,20,24,33,36H,9-11,13-15H2,(H,27,35)(H,28,29,30)/t17?,18?,20-,24+/m1/s1. The molecule has 11 heteroatoms. The zero-order chi connectivity index (χ0) is 25.5. The van der Waals surface area contributed by atoms with Crippen LogP contribution in [0.2, 0.25) is 0 Å². The zero-order valence-electron chi connectivity index (χ0n) is 20.2. The Hall–Kier alpha value is -3.80. The smallest absolute Gasteiger partial charge is 0.250 e. The van der Waals surface area contributed by atoms with Crippen LogP contribution < -0.4 is 26.3 Å². The van der Waals surface area contributed by atoms with Gasteiger partial charge in [-0.05, 0) is 42.5 Å². The summed E-state index contributed by atoms with van der Waals surface area (Å²) in [4.78, 5) is 36.8. The van der Waals surface area contributed by atoms with Crippen LogP contribution in [0.5, 0.6) is 0 Å². The van der Waals surface area contributed by atoms with E-state index in [-0.39, 0.29) is 40.9 Å². The van der Waals surface area contributed by atoms with Crippen molar-refractivity contribution in [2.45, 2.75) is 31.3 Å². The fraction of sp³-hybridized carbons (Fsp3) is 0.385. The first-order chi connectivity index (χ1) is 18.0. The van der Waals surface area contributed by atoms with Crippen LogP contribution in [-0.4, -0.2) is 51.3 Å². The van der Waals surface area contributed by atoms with Gasteiger partial charge in [0.15, 0.2) is 5.69 Å². The van der Waals surface area contributed by atoms with Crippen molar-refractivity contribution in [1.29, 1.82) is 0 Å². The fourth-order valence-electron chi connectivity index (χ4n) is 6.37. The molecule has 2 aromatic heterocycles. The molecular weight excluding hydrogens is 474 g/mol. The molecule has 3 aliphatic rings. The van der Waals surface area contributed by atoms with Crippen molar-refractivity contribution in [3.63, 3.8) is 0 Å². The molecule has 1 aromatic carbocycles. The van der Waals surface area contributed by atoms with Crippen molar-refractivity contribution in [3.05, 3.63) is 81.7 Å². The Bertz CT molecular complexity index is 1360. The molecule has 5 heterocycles. The number of carbonyl (C=O) groups excluding carboxylic acids is 1. The van der Waals surface area contributed by atoms with Gasteiger partial charge in [-0.3, -0.25) is 9.59 Å². The number of nitrogens with one attached hydrogen (secondary N) is 3. The van der Waals surface area contributed by atoms with Gasteiger partial charge in [-0.25, -0.2) is 15.2 Å². The van der Waals surface area contributed by atoms with Gasteiger partial charge in [0.05, 0.1) is 5.92 Å². The number of anilines is 2. The average molecular weight is 504 g/mol. The molecule has 2 bridgehead atoms. The highest BCUT2D eigenvalue weighted by Crippen LogP contribution is 2.47. The molecule has 5 atom stereocenters. The Morgan fingerprint density at radius 2 is 1.97 bits per heavy atom. The maximum absolute atomic E-state index is 13.6. The highest BCUT2D eigenvalue weighted by molar-refractivity contribution is 5.82. The maximum Gasteiger partial charge on any atom is 0.250 e. The topological polar surface area (TPSA) is 140 Å². The molecule has 3 unspecified atom stereocenters. The molecule has 192 valence electrons. The number of piperidine rings is 1. The third-order valence-corrected chi connectivity index (χ3v) is 7.86. The van der Waals surface area contributed by atoms with Crippen LogP contribution in [0.15, 0.2) is 59.7 Å². The third-order valence-electron chi connectivity index (χ3n) is 7.86. The second kappa shape index (κ2) is 9.58. The number of quaternary nitrogens is 1.